The van der Waals surface area contributed by atoms with Crippen LogP contribution in [0.1, 0.15) is 25.6 Å². The lowest BCUT2D eigenvalue weighted by molar-refractivity contribution is 0.731. The molecule has 2 heterocycles. The molecule has 0 aliphatic heterocycles. The zero-order chi connectivity index (χ0) is 11.8. The number of benzene rings is 1. The van der Waals surface area contributed by atoms with Crippen molar-refractivity contribution in [2.75, 3.05) is 0 Å². The number of aromatic nitrogens is 4. The summed E-state index contributed by atoms with van der Waals surface area (Å²) in [6.07, 6.45) is 0. The van der Waals surface area contributed by atoms with Crippen LogP contribution in [0.15, 0.2) is 36.4 Å². The largest absolute Gasteiger partial charge is 0.325 e. The fraction of sp³-hybridized carbons (Fsp3) is 0.231. The predicted octanol–water partition coefficient (Wildman–Crippen LogP) is 2.85. The van der Waals surface area contributed by atoms with Gasteiger partial charge in [-0.2, -0.15) is 0 Å². The number of hydrogen-bond donors (Lipinski definition) is 1. The molecule has 3 rings (SSSR count). The van der Waals surface area contributed by atoms with Crippen molar-refractivity contribution in [2.24, 2.45) is 0 Å². The minimum Gasteiger partial charge on any atom is -0.325 e. The summed E-state index contributed by atoms with van der Waals surface area (Å²) < 4.78 is 1.66. The second-order valence-corrected chi connectivity index (χ2v) is 4.44. The molecule has 17 heavy (non-hydrogen) atoms. The van der Waals surface area contributed by atoms with Gasteiger partial charge in [-0.25, -0.2) is 0 Å². The number of hydrogen-bond acceptors (Lipinski definition) is 2. The molecule has 1 N–H and O–H groups in total. The maximum atomic E-state index is 4.46. The van der Waals surface area contributed by atoms with Gasteiger partial charge in [0.1, 0.15) is 5.82 Å². The molecule has 0 saturated heterocycles. The van der Waals surface area contributed by atoms with Crippen LogP contribution in [0.25, 0.3) is 16.9 Å². The molecule has 0 fully saturated rings. The van der Waals surface area contributed by atoms with Gasteiger partial charge in [-0.05, 0) is 0 Å². The minimum atomic E-state index is 0.386. The smallest absolute Gasteiger partial charge is 0.156 e. The second-order valence-electron chi connectivity index (χ2n) is 4.44. The highest BCUT2D eigenvalue weighted by Gasteiger charge is 2.10. The van der Waals surface area contributed by atoms with Crippen LogP contribution in [0.2, 0.25) is 0 Å². The van der Waals surface area contributed by atoms with Gasteiger partial charge in [0.25, 0.3) is 0 Å². The summed E-state index contributed by atoms with van der Waals surface area (Å²) in [5, 5.41) is 8.87. The highest BCUT2D eigenvalue weighted by atomic mass is 15.5. The Labute approximate surface area is 99.3 Å². The summed E-state index contributed by atoms with van der Waals surface area (Å²) >= 11 is 0. The maximum absolute atomic E-state index is 4.46. The van der Waals surface area contributed by atoms with Crippen LogP contribution in [-0.2, 0) is 0 Å². The molecule has 0 aliphatic rings. The third kappa shape index (κ3) is 1.71. The first-order valence-corrected chi connectivity index (χ1v) is 5.75. The van der Waals surface area contributed by atoms with Crippen molar-refractivity contribution in [2.45, 2.75) is 19.8 Å². The number of H-pyrrole nitrogens is 1. The summed E-state index contributed by atoms with van der Waals surface area (Å²) in [6.45, 7) is 4.22. The standard InChI is InChI=1S/C13H14N4/c1-9(2)13-14-12-8-11(15-17(12)16-13)10-6-4-3-5-7-10/h3-9H,1-2H3,(H,14,16). The van der Waals surface area contributed by atoms with Gasteiger partial charge in [0.15, 0.2) is 5.65 Å². The summed E-state index contributed by atoms with van der Waals surface area (Å²) in [5.41, 5.74) is 2.99. The van der Waals surface area contributed by atoms with E-state index >= 15 is 0 Å². The fourth-order valence-electron chi connectivity index (χ4n) is 1.80. The number of fused-ring (bicyclic) bond motifs is 1. The Bertz CT molecular complexity index is 602. The molecule has 0 saturated carbocycles. The van der Waals surface area contributed by atoms with Crippen LogP contribution in [0, 0.1) is 0 Å². The van der Waals surface area contributed by atoms with E-state index in [2.05, 4.69) is 29.0 Å². The lowest BCUT2D eigenvalue weighted by Gasteiger charge is -1.96. The molecule has 0 bridgehead atoms. The molecular formula is C13H14N4. The highest BCUT2D eigenvalue weighted by molar-refractivity contribution is 5.63. The highest BCUT2D eigenvalue weighted by Crippen LogP contribution is 2.19. The van der Waals surface area contributed by atoms with E-state index in [1.165, 1.54) is 0 Å². The summed E-state index contributed by atoms with van der Waals surface area (Å²) in [6, 6.07) is 12.1. The van der Waals surface area contributed by atoms with Crippen molar-refractivity contribution < 1.29 is 0 Å². The Morgan fingerprint density at radius 2 is 1.88 bits per heavy atom. The quantitative estimate of drug-likeness (QED) is 0.730. The molecule has 1 aromatic carbocycles. The molecule has 0 radical (unpaired) electrons. The molecule has 86 valence electrons. The number of nitrogens with one attached hydrogen (secondary N) is 1. The third-order valence-corrected chi connectivity index (χ3v) is 2.77. The van der Waals surface area contributed by atoms with E-state index < -0.39 is 0 Å². The lowest BCUT2D eigenvalue weighted by atomic mass is 10.2. The number of rotatable bonds is 2. The van der Waals surface area contributed by atoms with E-state index in [-0.39, 0.29) is 0 Å². The average molecular weight is 226 g/mol. The Kier molecular flexibility index (Phi) is 2.21. The topological polar surface area (TPSA) is 46.0 Å². The average Bonchev–Trinajstić information content (AvgIpc) is 2.87. The van der Waals surface area contributed by atoms with E-state index in [9.17, 15) is 0 Å². The van der Waals surface area contributed by atoms with Gasteiger partial charge < -0.3 is 4.98 Å². The SMILES string of the molecule is CC(C)c1nn2nc(-c3ccccc3)cc2[nH]1. The second kappa shape index (κ2) is 3.73. The van der Waals surface area contributed by atoms with Crippen LogP contribution >= 0.6 is 0 Å². The first-order valence-electron chi connectivity index (χ1n) is 5.75. The first kappa shape index (κ1) is 10.1. The van der Waals surface area contributed by atoms with Crippen LogP contribution in [0.3, 0.4) is 0 Å². The van der Waals surface area contributed by atoms with Gasteiger partial charge >= 0.3 is 0 Å². The van der Waals surface area contributed by atoms with Crippen LogP contribution in [0.5, 0.6) is 0 Å². The fourth-order valence-corrected chi connectivity index (χ4v) is 1.80. The van der Waals surface area contributed by atoms with Crippen LogP contribution < -0.4 is 0 Å². The summed E-state index contributed by atoms with van der Waals surface area (Å²) in [5.74, 6) is 1.35. The normalized spacial score (nSPS) is 11.5. The van der Waals surface area contributed by atoms with E-state index in [0.29, 0.717) is 5.92 Å². The third-order valence-electron chi connectivity index (χ3n) is 2.77. The monoisotopic (exact) mass is 226 g/mol. The van der Waals surface area contributed by atoms with Gasteiger partial charge in [-0.15, -0.1) is 14.8 Å². The van der Waals surface area contributed by atoms with Crippen molar-refractivity contribution in [1.29, 1.82) is 0 Å². The summed E-state index contributed by atoms with van der Waals surface area (Å²) in [7, 11) is 0. The molecule has 0 aliphatic carbocycles. The van der Waals surface area contributed by atoms with Gasteiger partial charge in [0, 0.05) is 17.5 Å². The van der Waals surface area contributed by atoms with E-state index in [1.807, 2.05) is 36.4 Å². The molecule has 2 aromatic heterocycles. The van der Waals surface area contributed by atoms with Gasteiger partial charge in [-0.3, -0.25) is 0 Å². The summed E-state index contributed by atoms with van der Waals surface area (Å²) in [4.78, 5) is 3.27. The van der Waals surface area contributed by atoms with E-state index in [0.717, 1.165) is 22.7 Å². The first-order chi connectivity index (χ1) is 8.24. The maximum Gasteiger partial charge on any atom is 0.156 e. The molecule has 4 nitrogen and oxygen atoms in total. The van der Waals surface area contributed by atoms with Crippen LogP contribution in [-0.4, -0.2) is 19.8 Å². The van der Waals surface area contributed by atoms with Crippen molar-refractivity contribution in [3.8, 4) is 11.3 Å². The molecule has 0 unspecified atom stereocenters. The van der Waals surface area contributed by atoms with Crippen LogP contribution in [0.4, 0.5) is 0 Å². The molecule has 3 aromatic rings. The Balaban J connectivity index is 2.07. The molecular weight excluding hydrogens is 212 g/mol. The molecule has 0 spiro atoms. The van der Waals surface area contributed by atoms with Gasteiger partial charge in [-0.1, -0.05) is 44.2 Å². The van der Waals surface area contributed by atoms with Crippen molar-refractivity contribution in [3.05, 3.63) is 42.2 Å². The minimum absolute atomic E-state index is 0.386. The Morgan fingerprint density at radius 1 is 1.12 bits per heavy atom. The van der Waals surface area contributed by atoms with Crippen molar-refractivity contribution in [3.63, 3.8) is 0 Å². The predicted molar refractivity (Wildman–Crippen MR) is 66.9 cm³/mol. The van der Waals surface area contributed by atoms with Crippen molar-refractivity contribution >= 4 is 5.65 Å². The van der Waals surface area contributed by atoms with Gasteiger partial charge in [0.05, 0.1) is 5.69 Å². The van der Waals surface area contributed by atoms with Gasteiger partial charge in [0.2, 0.25) is 0 Å². The lowest BCUT2D eigenvalue weighted by Crippen LogP contribution is -1.93. The Hall–Kier alpha value is -2.10. The number of nitrogens with zero attached hydrogens (tertiary/aromatic N) is 3. The van der Waals surface area contributed by atoms with E-state index in [4.69, 9.17) is 0 Å². The Morgan fingerprint density at radius 3 is 2.53 bits per heavy atom. The number of aromatic amines is 1. The zero-order valence-electron chi connectivity index (χ0n) is 9.88. The molecule has 0 atom stereocenters. The molecule has 0 amide bonds. The zero-order valence-corrected chi connectivity index (χ0v) is 9.88. The van der Waals surface area contributed by atoms with E-state index in [1.54, 1.807) is 4.63 Å². The van der Waals surface area contributed by atoms with Crippen molar-refractivity contribution in [1.82, 2.24) is 19.8 Å². The molecule has 4 heteroatoms.